The molecule has 0 spiro atoms. The number of aromatic hydroxyl groups is 1. The molecular weight excluding hydrogens is 248 g/mol. The maximum Gasteiger partial charge on any atom is 0.421 e. The molecule has 0 aliphatic carbocycles. The first-order chi connectivity index (χ1) is 8.81. The molecule has 0 fully saturated rings. The summed E-state index contributed by atoms with van der Waals surface area (Å²) in [6.07, 6.45) is 0.810. The van der Waals surface area contributed by atoms with Crippen molar-refractivity contribution in [1.29, 1.82) is 0 Å². The van der Waals surface area contributed by atoms with Crippen LogP contribution >= 0.6 is 0 Å². The summed E-state index contributed by atoms with van der Waals surface area (Å²) in [7, 11) is 1.50. The highest BCUT2D eigenvalue weighted by atomic mass is 16.6. The highest BCUT2D eigenvalue weighted by molar-refractivity contribution is 5.92. The Balaban J connectivity index is 2.49. The summed E-state index contributed by atoms with van der Waals surface area (Å²) in [6.45, 7) is 5.28. The van der Waals surface area contributed by atoms with Crippen LogP contribution in [0.4, 0.5) is 4.79 Å². The first kappa shape index (κ1) is 13.2. The van der Waals surface area contributed by atoms with Crippen molar-refractivity contribution >= 4 is 17.0 Å². The van der Waals surface area contributed by atoms with Crippen LogP contribution in [0.15, 0.2) is 18.3 Å². The minimum atomic E-state index is -0.646. The summed E-state index contributed by atoms with van der Waals surface area (Å²) >= 11 is 0. The summed E-state index contributed by atoms with van der Waals surface area (Å²) in [5, 5.41) is 10.5. The predicted molar refractivity (Wildman–Crippen MR) is 69.6 cm³/mol. The molecule has 0 aliphatic heterocycles. The van der Waals surface area contributed by atoms with Gasteiger partial charge in [0.25, 0.3) is 0 Å². The number of rotatable bonds is 1. The Morgan fingerprint density at radius 2 is 2.05 bits per heavy atom. The second-order valence-electron chi connectivity index (χ2n) is 5.10. The third kappa shape index (κ3) is 2.62. The van der Waals surface area contributed by atoms with Crippen LogP contribution in [0.5, 0.6) is 11.8 Å². The van der Waals surface area contributed by atoms with Crippen LogP contribution in [-0.4, -0.2) is 33.5 Å². The van der Waals surface area contributed by atoms with Crippen LogP contribution < -0.4 is 4.74 Å². The van der Waals surface area contributed by atoms with Crippen molar-refractivity contribution in [2.75, 3.05) is 7.11 Å². The van der Waals surface area contributed by atoms with Crippen LogP contribution in [0.25, 0.3) is 10.9 Å². The average molecular weight is 264 g/mol. The first-order valence-corrected chi connectivity index (χ1v) is 5.79. The number of hydrogen-bond donors (Lipinski definition) is 1. The fourth-order valence-electron chi connectivity index (χ4n) is 1.68. The van der Waals surface area contributed by atoms with Gasteiger partial charge in [0, 0.05) is 17.5 Å². The van der Waals surface area contributed by atoms with E-state index < -0.39 is 11.7 Å². The van der Waals surface area contributed by atoms with E-state index in [1.165, 1.54) is 19.4 Å². The Hall–Kier alpha value is -2.24. The molecule has 2 aromatic heterocycles. The molecule has 0 amide bonds. The van der Waals surface area contributed by atoms with Gasteiger partial charge in [0.1, 0.15) is 5.60 Å². The predicted octanol–water partition coefficient (Wildman–Crippen LogP) is 2.53. The van der Waals surface area contributed by atoms with Crippen molar-refractivity contribution in [2.24, 2.45) is 0 Å². The van der Waals surface area contributed by atoms with E-state index in [4.69, 9.17) is 9.47 Å². The summed E-state index contributed by atoms with van der Waals surface area (Å²) in [5.41, 5.74) is -0.174. The number of aromatic nitrogens is 2. The lowest BCUT2D eigenvalue weighted by atomic mass is 10.2. The molecule has 19 heavy (non-hydrogen) atoms. The molecule has 0 saturated carbocycles. The molecule has 6 heteroatoms. The maximum atomic E-state index is 12.0. The zero-order valence-electron chi connectivity index (χ0n) is 11.3. The lowest BCUT2D eigenvalue weighted by Gasteiger charge is -2.20. The van der Waals surface area contributed by atoms with E-state index in [1.54, 1.807) is 26.8 Å². The minimum Gasteiger partial charge on any atom is -0.494 e. The third-order valence-electron chi connectivity index (χ3n) is 2.43. The summed E-state index contributed by atoms with van der Waals surface area (Å²) in [4.78, 5) is 16.0. The molecule has 0 radical (unpaired) electrons. The van der Waals surface area contributed by atoms with E-state index in [2.05, 4.69) is 4.98 Å². The number of carbonyl (C=O) groups is 1. The minimum absolute atomic E-state index is 0.195. The van der Waals surface area contributed by atoms with E-state index in [1.807, 2.05) is 0 Å². The fraction of sp³-hybridized carbons (Fsp3) is 0.385. The first-order valence-electron chi connectivity index (χ1n) is 5.79. The largest absolute Gasteiger partial charge is 0.494 e. The number of methoxy groups -OCH3 is 1. The zero-order chi connectivity index (χ0) is 14.2. The van der Waals surface area contributed by atoms with Gasteiger partial charge in [-0.1, -0.05) is 0 Å². The second kappa shape index (κ2) is 4.46. The molecule has 2 rings (SSSR count). The van der Waals surface area contributed by atoms with Crippen molar-refractivity contribution in [3.05, 3.63) is 18.3 Å². The van der Waals surface area contributed by atoms with Crippen LogP contribution in [0.2, 0.25) is 0 Å². The molecule has 0 saturated heterocycles. The van der Waals surface area contributed by atoms with Crippen molar-refractivity contribution < 1.29 is 19.4 Å². The van der Waals surface area contributed by atoms with Gasteiger partial charge in [-0.25, -0.2) is 14.3 Å². The average Bonchev–Trinajstić information content (AvgIpc) is 2.61. The molecule has 0 aromatic carbocycles. The monoisotopic (exact) mass is 264 g/mol. The standard InChI is InChI=1S/C13H16N2O4/c1-13(2,3)19-12(17)15-9-7-14-10(18-4)5-8(9)6-11(15)16/h5-7,16H,1-4H3. The number of hydrogen-bond acceptors (Lipinski definition) is 5. The topological polar surface area (TPSA) is 73.6 Å². The van der Waals surface area contributed by atoms with Gasteiger partial charge in [-0.2, -0.15) is 0 Å². The van der Waals surface area contributed by atoms with Gasteiger partial charge in [-0.15, -0.1) is 0 Å². The smallest absolute Gasteiger partial charge is 0.421 e. The van der Waals surface area contributed by atoms with Crippen molar-refractivity contribution in [2.45, 2.75) is 26.4 Å². The molecule has 0 bridgehead atoms. The normalized spacial score (nSPS) is 11.6. The Morgan fingerprint density at radius 3 is 2.63 bits per heavy atom. The molecule has 0 atom stereocenters. The quantitative estimate of drug-likeness (QED) is 0.856. The van der Waals surface area contributed by atoms with Gasteiger partial charge in [0.05, 0.1) is 18.8 Å². The molecule has 0 unspecified atom stereocenters. The number of pyridine rings is 1. The van der Waals surface area contributed by atoms with E-state index in [9.17, 15) is 9.90 Å². The third-order valence-corrected chi connectivity index (χ3v) is 2.43. The molecule has 102 valence electrons. The molecule has 2 heterocycles. The number of nitrogens with zero attached hydrogens (tertiary/aromatic N) is 2. The van der Waals surface area contributed by atoms with Crippen LogP contribution in [-0.2, 0) is 4.74 Å². The fourth-order valence-corrected chi connectivity index (χ4v) is 1.68. The molecular formula is C13H16N2O4. The van der Waals surface area contributed by atoms with Gasteiger partial charge >= 0.3 is 6.09 Å². The SMILES string of the molecule is COc1cc2cc(O)n(C(=O)OC(C)(C)C)c2cn1. The molecule has 2 aromatic rings. The Bertz CT molecular complexity index is 625. The van der Waals surface area contributed by atoms with Gasteiger partial charge < -0.3 is 14.6 Å². The van der Waals surface area contributed by atoms with Gasteiger partial charge in [-0.3, -0.25) is 0 Å². The van der Waals surface area contributed by atoms with E-state index in [0.29, 0.717) is 16.8 Å². The van der Waals surface area contributed by atoms with Crippen molar-refractivity contribution in [3.8, 4) is 11.8 Å². The Morgan fingerprint density at radius 1 is 1.37 bits per heavy atom. The Labute approximate surface area is 110 Å². The van der Waals surface area contributed by atoms with Crippen molar-refractivity contribution in [1.82, 2.24) is 9.55 Å². The van der Waals surface area contributed by atoms with Crippen LogP contribution in [0.1, 0.15) is 20.8 Å². The number of carbonyl (C=O) groups excluding carboxylic acids is 1. The summed E-state index contributed by atoms with van der Waals surface area (Å²) in [5.74, 6) is 0.216. The Kier molecular flexibility index (Phi) is 3.09. The van der Waals surface area contributed by atoms with E-state index in [-0.39, 0.29) is 5.88 Å². The van der Waals surface area contributed by atoms with Gasteiger partial charge in [0.2, 0.25) is 11.8 Å². The lowest BCUT2D eigenvalue weighted by Crippen LogP contribution is -2.26. The van der Waals surface area contributed by atoms with Gasteiger partial charge in [-0.05, 0) is 20.8 Å². The van der Waals surface area contributed by atoms with Gasteiger partial charge in [0.15, 0.2) is 0 Å². The van der Waals surface area contributed by atoms with Crippen molar-refractivity contribution in [3.63, 3.8) is 0 Å². The van der Waals surface area contributed by atoms with Crippen LogP contribution in [0, 0.1) is 0 Å². The molecule has 6 nitrogen and oxygen atoms in total. The zero-order valence-corrected chi connectivity index (χ0v) is 11.3. The summed E-state index contributed by atoms with van der Waals surface area (Å²) in [6, 6.07) is 3.10. The van der Waals surface area contributed by atoms with Crippen LogP contribution in [0.3, 0.4) is 0 Å². The number of fused-ring (bicyclic) bond motifs is 1. The van der Waals surface area contributed by atoms with E-state index in [0.717, 1.165) is 4.57 Å². The lowest BCUT2D eigenvalue weighted by molar-refractivity contribution is 0.0533. The molecule has 1 N–H and O–H groups in total. The number of ether oxygens (including phenoxy) is 2. The maximum absolute atomic E-state index is 12.0. The molecule has 0 aliphatic rings. The highest BCUT2D eigenvalue weighted by Gasteiger charge is 2.22. The summed E-state index contributed by atoms with van der Waals surface area (Å²) < 4.78 is 11.3. The highest BCUT2D eigenvalue weighted by Crippen LogP contribution is 2.27. The second-order valence-corrected chi connectivity index (χ2v) is 5.10. The van der Waals surface area contributed by atoms with E-state index >= 15 is 0 Å².